The first-order valence-electron chi connectivity index (χ1n) is 6.89. The minimum atomic E-state index is -0.350. The summed E-state index contributed by atoms with van der Waals surface area (Å²) in [6.45, 7) is 12.7. The molecule has 106 valence electrons. The Morgan fingerprint density at radius 3 is 2.26 bits per heavy atom. The van der Waals surface area contributed by atoms with E-state index in [0.29, 0.717) is 35.6 Å². The van der Waals surface area contributed by atoms with E-state index in [9.17, 15) is 4.79 Å². The molecule has 1 heterocycles. The van der Waals surface area contributed by atoms with E-state index in [2.05, 4.69) is 37.7 Å². The van der Waals surface area contributed by atoms with Crippen LogP contribution in [0.1, 0.15) is 62.4 Å². The minimum Gasteiger partial charge on any atom is -0.462 e. The predicted molar refractivity (Wildman–Crippen MR) is 75.1 cm³/mol. The molecule has 0 aliphatic rings. The van der Waals surface area contributed by atoms with Crippen molar-refractivity contribution in [2.75, 3.05) is 6.61 Å². The largest absolute Gasteiger partial charge is 0.462 e. The Balaban J connectivity index is 3.08. The van der Waals surface area contributed by atoms with Crippen LogP contribution in [0, 0.1) is 18.8 Å². The van der Waals surface area contributed by atoms with Gasteiger partial charge in [0, 0.05) is 12.1 Å². The predicted octanol–water partition coefficient (Wildman–Crippen LogP) is 3.36. The Morgan fingerprint density at radius 1 is 1.26 bits per heavy atom. The Labute approximate surface area is 115 Å². The summed E-state index contributed by atoms with van der Waals surface area (Å²) in [5.74, 6) is 1.70. The van der Waals surface area contributed by atoms with Crippen molar-refractivity contribution in [3.05, 3.63) is 23.3 Å². The highest BCUT2D eigenvalue weighted by Gasteiger charge is 2.24. The van der Waals surface area contributed by atoms with Crippen LogP contribution in [0.4, 0.5) is 0 Å². The Hall–Kier alpha value is -1.45. The van der Waals surface area contributed by atoms with Gasteiger partial charge in [-0.3, -0.25) is 0 Å². The number of rotatable bonds is 5. The van der Waals surface area contributed by atoms with Crippen LogP contribution in [0.15, 0.2) is 6.20 Å². The molecule has 0 fully saturated rings. The van der Waals surface area contributed by atoms with Crippen LogP contribution in [-0.4, -0.2) is 22.5 Å². The number of aryl methyl sites for hydroxylation is 1. The maximum absolute atomic E-state index is 11.7. The second-order valence-corrected chi connectivity index (χ2v) is 5.46. The number of hydrogen-bond acceptors (Lipinski definition) is 4. The monoisotopic (exact) mass is 264 g/mol. The van der Waals surface area contributed by atoms with E-state index in [1.165, 1.54) is 0 Å². The van der Waals surface area contributed by atoms with Crippen LogP contribution in [0.2, 0.25) is 0 Å². The number of hydrogen-bond donors (Lipinski definition) is 0. The molecule has 0 N–H and O–H groups in total. The molecule has 0 aliphatic carbocycles. The Kier molecular flexibility index (Phi) is 5.45. The second kappa shape index (κ2) is 6.64. The molecule has 0 atom stereocenters. The SMILES string of the molecule is CCOC(=O)c1cnc(C(C(C)C)C(C)C)nc1C. The fourth-order valence-corrected chi connectivity index (χ4v) is 2.42. The highest BCUT2D eigenvalue weighted by molar-refractivity contribution is 5.90. The average Bonchev–Trinajstić information content (AvgIpc) is 2.28. The zero-order valence-electron chi connectivity index (χ0n) is 12.7. The van der Waals surface area contributed by atoms with Crippen molar-refractivity contribution in [3.63, 3.8) is 0 Å². The van der Waals surface area contributed by atoms with Gasteiger partial charge in [-0.1, -0.05) is 27.7 Å². The topological polar surface area (TPSA) is 52.1 Å². The Bertz CT molecular complexity index is 434. The molecular formula is C15H24N2O2. The molecule has 0 saturated heterocycles. The van der Waals surface area contributed by atoms with E-state index in [1.54, 1.807) is 13.1 Å². The molecule has 0 radical (unpaired) electrons. The average molecular weight is 264 g/mol. The lowest BCUT2D eigenvalue weighted by molar-refractivity contribution is 0.0524. The number of carbonyl (C=O) groups is 1. The van der Waals surface area contributed by atoms with Gasteiger partial charge in [0.15, 0.2) is 0 Å². The van der Waals surface area contributed by atoms with Crippen molar-refractivity contribution in [1.29, 1.82) is 0 Å². The smallest absolute Gasteiger partial charge is 0.341 e. The normalized spacial score (nSPS) is 11.4. The molecule has 19 heavy (non-hydrogen) atoms. The van der Waals surface area contributed by atoms with Crippen LogP contribution >= 0.6 is 0 Å². The van der Waals surface area contributed by atoms with Gasteiger partial charge < -0.3 is 4.74 Å². The maximum Gasteiger partial charge on any atom is 0.341 e. The first-order valence-corrected chi connectivity index (χ1v) is 6.89. The zero-order valence-corrected chi connectivity index (χ0v) is 12.7. The van der Waals surface area contributed by atoms with Crippen LogP contribution in [0.25, 0.3) is 0 Å². The molecule has 4 heteroatoms. The maximum atomic E-state index is 11.7. The Morgan fingerprint density at radius 2 is 1.84 bits per heavy atom. The molecule has 1 rings (SSSR count). The first kappa shape index (κ1) is 15.6. The van der Waals surface area contributed by atoms with Gasteiger partial charge >= 0.3 is 5.97 Å². The molecule has 1 aromatic heterocycles. The van der Waals surface area contributed by atoms with E-state index in [4.69, 9.17) is 4.74 Å². The van der Waals surface area contributed by atoms with Crippen molar-refractivity contribution in [2.45, 2.75) is 47.5 Å². The summed E-state index contributed by atoms with van der Waals surface area (Å²) in [5, 5.41) is 0. The van der Waals surface area contributed by atoms with Crippen LogP contribution < -0.4 is 0 Å². The molecule has 0 spiro atoms. The fourth-order valence-electron chi connectivity index (χ4n) is 2.42. The summed E-state index contributed by atoms with van der Waals surface area (Å²) < 4.78 is 4.99. The van der Waals surface area contributed by atoms with Gasteiger partial charge in [-0.25, -0.2) is 14.8 Å². The zero-order chi connectivity index (χ0) is 14.6. The molecular weight excluding hydrogens is 240 g/mol. The molecule has 0 aliphatic heterocycles. The van der Waals surface area contributed by atoms with Gasteiger partial charge in [0.2, 0.25) is 0 Å². The van der Waals surface area contributed by atoms with Crippen LogP contribution in [0.5, 0.6) is 0 Å². The van der Waals surface area contributed by atoms with Gasteiger partial charge in [0.05, 0.1) is 17.9 Å². The number of nitrogens with zero attached hydrogens (tertiary/aromatic N) is 2. The quantitative estimate of drug-likeness (QED) is 0.765. The third-order valence-corrected chi connectivity index (χ3v) is 3.23. The van der Waals surface area contributed by atoms with Gasteiger partial charge in [-0.15, -0.1) is 0 Å². The van der Waals surface area contributed by atoms with E-state index in [1.807, 2.05) is 6.92 Å². The van der Waals surface area contributed by atoms with Crippen LogP contribution in [-0.2, 0) is 4.74 Å². The number of esters is 1. The number of aromatic nitrogens is 2. The van der Waals surface area contributed by atoms with E-state index >= 15 is 0 Å². The van der Waals surface area contributed by atoms with Gasteiger partial charge in [0.25, 0.3) is 0 Å². The second-order valence-electron chi connectivity index (χ2n) is 5.46. The van der Waals surface area contributed by atoms with Gasteiger partial charge in [-0.2, -0.15) is 0 Å². The summed E-state index contributed by atoms with van der Waals surface area (Å²) in [6.07, 6.45) is 1.59. The third-order valence-electron chi connectivity index (χ3n) is 3.23. The van der Waals surface area contributed by atoms with Crippen molar-refractivity contribution < 1.29 is 9.53 Å². The lowest BCUT2D eigenvalue weighted by atomic mass is 9.85. The molecule has 0 aromatic carbocycles. The van der Waals surface area contributed by atoms with E-state index in [0.717, 1.165) is 5.82 Å². The minimum absolute atomic E-state index is 0.301. The van der Waals surface area contributed by atoms with E-state index in [-0.39, 0.29) is 5.97 Å². The summed E-state index contributed by atoms with van der Waals surface area (Å²) in [7, 11) is 0. The summed E-state index contributed by atoms with van der Waals surface area (Å²) in [4.78, 5) is 20.6. The van der Waals surface area contributed by atoms with Crippen LogP contribution in [0.3, 0.4) is 0 Å². The molecule has 4 nitrogen and oxygen atoms in total. The van der Waals surface area contributed by atoms with Crippen molar-refractivity contribution >= 4 is 5.97 Å². The van der Waals surface area contributed by atoms with Crippen molar-refractivity contribution in [2.24, 2.45) is 11.8 Å². The van der Waals surface area contributed by atoms with Gasteiger partial charge in [-0.05, 0) is 25.7 Å². The molecule has 1 aromatic rings. The molecule has 0 amide bonds. The lowest BCUT2D eigenvalue weighted by Gasteiger charge is -2.23. The highest BCUT2D eigenvalue weighted by Crippen LogP contribution is 2.29. The van der Waals surface area contributed by atoms with Crippen molar-refractivity contribution in [3.8, 4) is 0 Å². The number of carbonyl (C=O) groups excluding carboxylic acids is 1. The summed E-state index contributed by atoms with van der Waals surface area (Å²) in [6, 6.07) is 0. The lowest BCUT2D eigenvalue weighted by Crippen LogP contribution is -2.18. The number of ether oxygens (including phenoxy) is 1. The first-order chi connectivity index (χ1) is 8.88. The molecule has 0 unspecified atom stereocenters. The molecule has 0 saturated carbocycles. The highest BCUT2D eigenvalue weighted by atomic mass is 16.5. The third kappa shape index (κ3) is 3.75. The fraction of sp³-hybridized carbons (Fsp3) is 0.667. The van der Waals surface area contributed by atoms with Gasteiger partial charge in [0.1, 0.15) is 5.82 Å². The van der Waals surface area contributed by atoms with E-state index < -0.39 is 0 Å². The molecule has 0 bridgehead atoms. The van der Waals surface area contributed by atoms with Crippen molar-refractivity contribution in [1.82, 2.24) is 9.97 Å². The summed E-state index contributed by atoms with van der Waals surface area (Å²) >= 11 is 0. The summed E-state index contributed by atoms with van der Waals surface area (Å²) in [5.41, 5.74) is 1.15. The standard InChI is InChI=1S/C15H24N2O2/c1-7-19-15(18)12-8-16-14(17-11(12)6)13(9(2)3)10(4)5/h8-10,13H,7H2,1-6H3.